The third kappa shape index (κ3) is 13.6. The number of aryl methyl sites for hydroxylation is 3. The Labute approximate surface area is 521 Å². The number of rotatable bonds is 27. The molecule has 0 unspecified atom stereocenters. The lowest BCUT2D eigenvalue weighted by atomic mass is 9.84. The molecule has 10 nitrogen and oxygen atoms in total. The summed E-state index contributed by atoms with van der Waals surface area (Å²) in [5.41, 5.74) is 20.0. The van der Waals surface area contributed by atoms with Crippen molar-refractivity contribution < 1.29 is 28.4 Å². The fourth-order valence-corrected chi connectivity index (χ4v) is 12.2. The van der Waals surface area contributed by atoms with E-state index in [4.69, 9.17) is 28.4 Å². The van der Waals surface area contributed by atoms with Crippen molar-refractivity contribution in [2.75, 3.05) is 79.1 Å². The molecule has 0 aliphatic carbocycles. The quantitative estimate of drug-likeness (QED) is 0.0497. The Morgan fingerprint density at radius 2 is 0.523 bits per heavy atom. The van der Waals surface area contributed by atoms with Crippen molar-refractivity contribution in [3.05, 3.63) is 252 Å². The van der Waals surface area contributed by atoms with E-state index in [9.17, 15) is 0 Å². The van der Waals surface area contributed by atoms with Crippen molar-refractivity contribution in [2.24, 2.45) is 16.2 Å². The van der Waals surface area contributed by atoms with Gasteiger partial charge in [-0.1, -0.05) is 93.6 Å². The first-order valence-electron chi connectivity index (χ1n) is 31.5. The van der Waals surface area contributed by atoms with Crippen LogP contribution in [0.4, 0.5) is 68.2 Å². The van der Waals surface area contributed by atoms with E-state index in [1.54, 1.807) is 0 Å². The molecule has 0 N–H and O–H groups in total. The van der Waals surface area contributed by atoms with Gasteiger partial charge in [0.25, 0.3) is 0 Å². The van der Waals surface area contributed by atoms with Gasteiger partial charge in [0.2, 0.25) is 0 Å². The molecule has 9 aromatic carbocycles. The highest BCUT2D eigenvalue weighted by atomic mass is 16.5. The lowest BCUT2D eigenvalue weighted by Crippen LogP contribution is -2.45. The van der Waals surface area contributed by atoms with Crippen LogP contribution in [0.2, 0.25) is 0 Å². The normalized spacial score (nSPS) is 15.3. The van der Waals surface area contributed by atoms with E-state index in [2.05, 4.69) is 280 Å². The van der Waals surface area contributed by atoms with E-state index in [0.717, 1.165) is 144 Å². The van der Waals surface area contributed by atoms with Gasteiger partial charge in [-0.15, -0.1) is 0 Å². The second-order valence-corrected chi connectivity index (χ2v) is 24.9. The standard InChI is InChI=1S/C78H84N4O6/c1-7-76(52-86-53-76)49-83-46-61-25-27-64(28-26-61)80(71-20-10-15-58(4)41-71)68-35-29-65(30-36-68)79(66-31-37-69(38-32-66)81(72-21-11-16-59(5)42-72)74-23-13-18-62(44-74)47-84-50-77(8-2)54-87-55-77)67-33-39-70(40-34-67)82(73-22-12-17-60(6)43-73)75-24-14-19-63(45-75)48-85-51-78(9-3)56-88-57-78/h10-45H,7-9,46-57H2,1-6H3. The second kappa shape index (κ2) is 27.1. The van der Waals surface area contributed by atoms with Gasteiger partial charge in [0.15, 0.2) is 0 Å². The SMILES string of the molecule is CCC1(COCc2ccc(N(c3ccc(N(c4ccc(N(c5cccc(C)c5)c5cccc(COCC6(CC)COC6)c5)cc4)c4ccc(N(c5cccc(C)c5)c5cccc(COCC6(CC)COC6)c5)cc4)cc3)c3cccc(C)c3)cc2)COC1. The topological polar surface area (TPSA) is 68.3 Å². The summed E-state index contributed by atoms with van der Waals surface area (Å²) in [7, 11) is 0. The lowest BCUT2D eigenvalue weighted by Gasteiger charge is -2.40. The van der Waals surface area contributed by atoms with Gasteiger partial charge in [-0.3, -0.25) is 0 Å². The van der Waals surface area contributed by atoms with Gasteiger partial charge in [0.1, 0.15) is 0 Å². The molecular weight excluding hydrogens is 1090 g/mol. The molecular formula is C78H84N4O6. The molecule has 3 fully saturated rings. The summed E-state index contributed by atoms with van der Waals surface area (Å²) in [5.74, 6) is 0. The molecule has 0 aromatic heterocycles. The molecule has 3 aliphatic heterocycles. The van der Waals surface area contributed by atoms with Crippen molar-refractivity contribution in [3.63, 3.8) is 0 Å². The molecule has 3 saturated heterocycles. The number of nitrogens with zero attached hydrogens (tertiary/aromatic N) is 4. The third-order valence-electron chi connectivity index (χ3n) is 18.1. The average Bonchev–Trinajstić information content (AvgIpc) is 2.29. The van der Waals surface area contributed by atoms with Crippen LogP contribution in [0.3, 0.4) is 0 Å². The van der Waals surface area contributed by atoms with Crippen molar-refractivity contribution in [3.8, 4) is 0 Å². The number of hydrogen-bond donors (Lipinski definition) is 0. The zero-order valence-electron chi connectivity index (χ0n) is 52.1. The Morgan fingerprint density at radius 3 is 0.784 bits per heavy atom. The minimum Gasteiger partial charge on any atom is -0.380 e. The zero-order valence-corrected chi connectivity index (χ0v) is 52.1. The van der Waals surface area contributed by atoms with Crippen molar-refractivity contribution in [1.29, 1.82) is 0 Å². The minimum atomic E-state index is 0.119. The monoisotopic (exact) mass is 1170 g/mol. The van der Waals surface area contributed by atoms with Gasteiger partial charge >= 0.3 is 0 Å². The molecule has 3 aliphatic rings. The third-order valence-corrected chi connectivity index (χ3v) is 18.1. The predicted octanol–water partition coefficient (Wildman–Crippen LogP) is 19.3. The number of ether oxygens (including phenoxy) is 6. The van der Waals surface area contributed by atoms with Crippen LogP contribution in [-0.2, 0) is 48.2 Å². The van der Waals surface area contributed by atoms with Crippen LogP contribution in [0.15, 0.2) is 218 Å². The molecule has 0 spiro atoms. The Morgan fingerprint density at radius 1 is 0.284 bits per heavy atom. The van der Waals surface area contributed by atoms with E-state index in [0.29, 0.717) is 39.6 Å². The smallest absolute Gasteiger partial charge is 0.0717 e. The largest absolute Gasteiger partial charge is 0.380 e. The maximum atomic E-state index is 6.39. The molecule has 0 bridgehead atoms. The molecule has 0 saturated carbocycles. The van der Waals surface area contributed by atoms with E-state index in [1.807, 2.05) is 0 Å². The van der Waals surface area contributed by atoms with Crippen LogP contribution in [0, 0.1) is 37.0 Å². The fourth-order valence-electron chi connectivity index (χ4n) is 12.2. The van der Waals surface area contributed by atoms with Crippen LogP contribution >= 0.6 is 0 Å². The number of benzene rings is 9. The molecule has 3 heterocycles. The van der Waals surface area contributed by atoms with E-state index in [1.165, 1.54) is 16.7 Å². The van der Waals surface area contributed by atoms with Gasteiger partial charge in [0.05, 0.1) is 79.3 Å². The van der Waals surface area contributed by atoms with Crippen molar-refractivity contribution in [2.45, 2.75) is 80.6 Å². The maximum absolute atomic E-state index is 6.39. The molecule has 0 amide bonds. The Bertz CT molecular complexity index is 3560. The minimum absolute atomic E-state index is 0.119. The highest BCUT2D eigenvalue weighted by Crippen LogP contribution is 2.44. The van der Waals surface area contributed by atoms with E-state index in [-0.39, 0.29) is 16.2 Å². The van der Waals surface area contributed by atoms with Gasteiger partial charge in [-0.05, 0) is 219 Å². The highest BCUT2D eigenvalue weighted by Gasteiger charge is 2.39. The predicted molar refractivity (Wildman–Crippen MR) is 359 cm³/mol. The molecule has 0 atom stereocenters. The van der Waals surface area contributed by atoms with Gasteiger partial charge < -0.3 is 48.0 Å². The fraction of sp³-hybridized carbons (Fsp3) is 0.308. The molecule has 452 valence electrons. The van der Waals surface area contributed by atoms with E-state index >= 15 is 0 Å². The average molecular weight is 1170 g/mol. The van der Waals surface area contributed by atoms with E-state index < -0.39 is 0 Å². The molecule has 9 aromatic rings. The van der Waals surface area contributed by atoms with Crippen molar-refractivity contribution in [1.82, 2.24) is 0 Å². The first-order chi connectivity index (χ1) is 43.0. The van der Waals surface area contributed by atoms with Crippen LogP contribution in [0.1, 0.15) is 73.4 Å². The van der Waals surface area contributed by atoms with Gasteiger partial charge in [-0.2, -0.15) is 0 Å². The Hall–Kier alpha value is -8.06. The number of hydrogen-bond acceptors (Lipinski definition) is 10. The van der Waals surface area contributed by atoms with Gasteiger partial charge in [-0.25, -0.2) is 0 Å². The molecule has 88 heavy (non-hydrogen) atoms. The maximum Gasteiger partial charge on any atom is 0.0717 e. The molecule has 12 rings (SSSR count). The summed E-state index contributed by atoms with van der Waals surface area (Å²) in [5, 5.41) is 0. The first kappa shape index (κ1) is 60.2. The summed E-state index contributed by atoms with van der Waals surface area (Å²) in [6.07, 6.45) is 3.14. The molecule has 0 radical (unpaired) electrons. The first-order valence-corrected chi connectivity index (χ1v) is 31.5. The lowest BCUT2D eigenvalue weighted by molar-refractivity contribution is -0.152. The summed E-state index contributed by atoms with van der Waals surface area (Å²) >= 11 is 0. The van der Waals surface area contributed by atoms with Crippen LogP contribution in [0.25, 0.3) is 0 Å². The summed E-state index contributed by atoms with van der Waals surface area (Å²) < 4.78 is 35.8. The molecule has 10 heteroatoms. The summed E-state index contributed by atoms with van der Waals surface area (Å²) in [4.78, 5) is 9.39. The zero-order chi connectivity index (χ0) is 60.5. The Balaban J connectivity index is 0.892. The second-order valence-electron chi connectivity index (χ2n) is 24.9. The van der Waals surface area contributed by atoms with Crippen LogP contribution in [0.5, 0.6) is 0 Å². The summed E-state index contributed by atoms with van der Waals surface area (Å²) in [6, 6.07) is 79.4. The van der Waals surface area contributed by atoms with Crippen LogP contribution < -0.4 is 19.6 Å². The van der Waals surface area contributed by atoms with Crippen molar-refractivity contribution >= 4 is 68.2 Å². The Kier molecular flexibility index (Phi) is 18.6. The van der Waals surface area contributed by atoms with Crippen LogP contribution in [-0.4, -0.2) is 59.5 Å². The summed E-state index contributed by atoms with van der Waals surface area (Å²) in [6.45, 7) is 21.4. The number of anilines is 12. The highest BCUT2D eigenvalue weighted by molar-refractivity contribution is 5.85. The van der Waals surface area contributed by atoms with Gasteiger partial charge in [0, 0.05) is 84.5 Å².